The second kappa shape index (κ2) is 6.01. The predicted octanol–water partition coefficient (Wildman–Crippen LogP) is 2.90. The molecule has 1 atom stereocenters. The molecule has 2 rings (SSSR count). The summed E-state index contributed by atoms with van der Waals surface area (Å²) in [5.41, 5.74) is 0.00225. The molecule has 1 unspecified atom stereocenters. The molecular formula is C12H12BrF3N2O2. The minimum atomic E-state index is -4.81. The lowest BCUT2D eigenvalue weighted by molar-refractivity contribution is -0.274. The van der Waals surface area contributed by atoms with E-state index in [2.05, 4.69) is 31.3 Å². The summed E-state index contributed by atoms with van der Waals surface area (Å²) in [5.74, 6) is -0.993. The van der Waals surface area contributed by atoms with Crippen molar-refractivity contribution in [3.05, 3.63) is 22.7 Å². The molecule has 0 spiro atoms. The first kappa shape index (κ1) is 15.1. The van der Waals surface area contributed by atoms with E-state index in [1.807, 2.05) is 0 Å². The zero-order chi connectivity index (χ0) is 14.8. The molecule has 110 valence electrons. The molecule has 1 aromatic rings. The summed E-state index contributed by atoms with van der Waals surface area (Å²) in [5, 5.41) is 5.50. The number of alkyl halides is 3. The Morgan fingerprint density at radius 1 is 1.45 bits per heavy atom. The number of rotatable bonds is 3. The van der Waals surface area contributed by atoms with E-state index in [1.165, 1.54) is 12.1 Å². The average Bonchev–Trinajstić information content (AvgIpc) is 2.84. The van der Waals surface area contributed by atoms with Gasteiger partial charge in [0.15, 0.2) is 5.75 Å². The Labute approximate surface area is 121 Å². The molecular weight excluding hydrogens is 341 g/mol. The highest BCUT2D eigenvalue weighted by atomic mass is 79.9. The van der Waals surface area contributed by atoms with Crippen molar-refractivity contribution in [3.8, 4) is 5.75 Å². The van der Waals surface area contributed by atoms with Crippen LogP contribution in [0, 0.1) is 5.92 Å². The molecule has 1 aliphatic rings. The van der Waals surface area contributed by atoms with Gasteiger partial charge < -0.3 is 15.4 Å². The summed E-state index contributed by atoms with van der Waals surface area (Å²) in [6.45, 7) is 1.25. The van der Waals surface area contributed by atoms with Gasteiger partial charge in [-0.05, 0) is 31.2 Å². The van der Waals surface area contributed by atoms with Crippen LogP contribution in [0.1, 0.15) is 6.42 Å². The van der Waals surface area contributed by atoms with Crippen molar-refractivity contribution in [2.75, 3.05) is 18.4 Å². The van der Waals surface area contributed by atoms with Gasteiger partial charge in [0.1, 0.15) is 0 Å². The smallest absolute Gasteiger partial charge is 0.404 e. The third-order valence-electron chi connectivity index (χ3n) is 2.86. The van der Waals surface area contributed by atoms with Gasteiger partial charge in [-0.3, -0.25) is 4.79 Å². The molecule has 0 aromatic heterocycles. The van der Waals surface area contributed by atoms with Gasteiger partial charge in [-0.15, -0.1) is 13.2 Å². The van der Waals surface area contributed by atoms with Crippen LogP contribution in [-0.4, -0.2) is 25.4 Å². The first-order valence-corrected chi connectivity index (χ1v) is 6.71. The number of nitrogens with one attached hydrogen (secondary N) is 2. The van der Waals surface area contributed by atoms with E-state index in [0.29, 0.717) is 17.4 Å². The van der Waals surface area contributed by atoms with E-state index in [4.69, 9.17) is 0 Å². The van der Waals surface area contributed by atoms with Gasteiger partial charge in [-0.2, -0.15) is 0 Å². The number of benzene rings is 1. The molecule has 0 saturated carbocycles. The van der Waals surface area contributed by atoms with Crippen LogP contribution in [0.3, 0.4) is 0 Å². The third-order valence-corrected chi connectivity index (χ3v) is 3.35. The zero-order valence-electron chi connectivity index (χ0n) is 10.3. The fourth-order valence-electron chi connectivity index (χ4n) is 1.92. The van der Waals surface area contributed by atoms with Crippen LogP contribution in [-0.2, 0) is 4.79 Å². The van der Waals surface area contributed by atoms with Crippen LogP contribution >= 0.6 is 15.9 Å². The second-order valence-corrected chi connectivity index (χ2v) is 5.28. The highest BCUT2D eigenvalue weighted by Gasteiger charge is 2.33. The van der Waals surface area contributed by atoms with E-state index in [9.17, 15) is 18.0 Å². The number of hydrogen-bond donors (Lipinski definition) is 2. The van der Waals surface area contributed by atoms with Crippen LogP contribution in [0.5, 0.6) is 5.75 Å². The Hall–Kier alpha value is -1.28. The molecule has 1 aromatic carbocycles. The number of carbonyl (C=O) groups is 1. The number of anilines is 1. The van der Waals surface area contributed by atoms with Crippen LogP contribution in [0.25, 0.3) is 0 Å². The number of halogens is 4. The summed E-state index contributed by atoms with van der Waals surface area (Å²) >= 11 is 3.07. The largest absolute Gasteiger partial charge is 0.573 e. The van der Waals surface area contributed by atoms with E-state index in [0.717, 1.165) is 12.6 Å². The maximum Gasteiger partial charge on any atom is 0.573 e. The predicted molar refractivity (Wildman–Crippen MR) is 70.4 cm³/mol. The lowest BCUT2D eigenvalue weighted by atomic mass is 10.1. The van der Waals surface area contributed by atoms with Crippen molar-refractivity contribution in [1.82, 2.24) is 5.32 Å². The minimum Gasteiger partial charge on any atom is -0.404 e. The maximum absolute atomic E-state index is 12.3. The van der Waals surface area contributed by atoms with Crippen LogP contribution in [0.2, 0.25) is 0 Å². The Morgan fingerprint density at radius 3 is 2.80 bits per heavy atom. The summed E-state index contributed by atoms with van der Waals surface area (Å²) < 4.78 is 41.3. The van der Waals surface area contributed by atoms with E-state index >= 15 is 0 Å². The minimum absolute atomic E-state index is 0.00225. The van der Waals surface area contributed by atoms with Crippen molar-refractivity contribution in [2.45, 2.75) is 12.8 Å². The first-order valence-electron chi connectivity index (χ1n) is 5.92. The molecule has 20 heavy (non-hydrogen) atoms. The van der Waals surface area contributed by atoms with Gasteiger partial charge in [-0.25, -0.2) is 0 Å². The molecule has 0 bridgehead atoms. The van der Waals surface area contributed by atoms with Gasteiger partial charge in [0.25, 0.3) is 0 Å². The van der Waals surface area contributed by atoms with Gasteiger partial charge in [0, 0.05) is 11.0 Å². The Bertz CT molecular complexity index is 502. The number of carbonyl (C=O) groups excluding carboxylic acids is 1. The number of ether oxygens (including phenoxy) is 1. The van der Waals surface area contributed by atoms with E-state index in [-0.39, 0.29) is 17.5 Å². The standard InChI is InChI=1S/C12H12BrF3N2O2/c13-8-1-2-9(10(5-8)20-12(14,15)16)18-11(19)7-3-4-17-6-7/h1-2,5,7,17H,3-4,6H2,(H,18,19). The molecule has 0 aliphatic carbocycles. The van der Waals surface area contributed by atoms with Crippen molar-refractivity contribution in [1.29, 1.82) is 0 Å². The monoisotopic (exact) mass is 352 g/mol. The lowest BCUT2D eigenvalue weighted by Crippen LogP contribution is -2.25. The van der Waals surface area contributed by atoms with Crippen molar-refractivity contribution >= 4 is 27.5 Å². The Kier molecular flexibility index (Phi) is 4.54. The summed E-state index contributed by atoms with van der Waals surface area (Å²) in [7, 11) is 0. The summed E-state index contributed by atoms with van der Waals surface area (Å²) in [6, 6.07) is 4.06. The topological polar surface area (TPSA) is 50.4 Å². The Morgan fingerprint density at radius 2 is 2.20 bits per heavy atom. The quantitative estimate of drug-likeness (QED) is 0.879. The highest BCUT2D eigenvalue weighted by molar-refractivity contribution is 9.10. The van der Waals surface area contributed by atoms with Crippen LogP contribution < -0.4 is 15.4 Å². The summed E-state index contributed by atoms with van der Waals surface area (Å²) in [4.78, 5) is 11.9. The molecule has 4 nitrogen and oxygen atoms in total. The van der Waals surface area contributed by atoms with Gasteiger partial charge in [-0.1, -0.05) is 15.9 Å². The molecule has 1 aliphatic heterocycles. The second-order valence-electron chi connectivity index (χ2n) is 4.37. The highest BCUT2D eigenvalue weighted by Crippen LogP contribution is 2.33. The van der Waals surface area contributed by atoms with Crippen molar-refractivity contribution in [3.63, 3.8) is 0 Å². The average molecular weight is 353 g/mol. The van der Waals surface area contributed by atoms with E-state index < -0.39 is 12.1 Å². The van der Waals surface area contributed by atoms with Gasteiger partial charge in [0.2, 0.25) is 5.91 Å². The van der Waals surface area contributed by atoms with Gasteiger partial charge in [0.05, 0.1) is 11.6 Å². The molecule has 2 N–H and O–H groups in total. The van der Waals surface area contributed by atoms with Crippen molar-refractivity contribution < 1.29 is 22.7 Å². The molecule has 1 amide bonds. The lowest BCUT2D eigenvalue weighted by Gasteiger charge is -2.16. The molecule has 1 saturated heterocycles. The van der Waals surface area contributed by atoms with E-state index in [1.54, 1.807) is 0 Å². The molecule has 1 heterocycles. The number of hydrogen-bond acceptors (Lipinski definition) is 3. The zero-order valence-corrected chi connectivity index (χ0v) is 11.8. The first-order chi connectivity index (χ1) is 9.35. The fraction of sp³-hybridized carbons (Fsp3) is 0.417. The third kappa shape index (κ3) is 4.11. The summed E-state index contributed by atoms with van der Waals surface area (Å²) in [6.07, 6.45) is -4.15. The van der Waals surface area contributed by atoms with Gasteiger partial charge >= 0.3 is 6.36 Å². The van der Waals surface area contributed by atoms with Crippen LogP contribution in [0.15, 0.2) is 22.7 Å². The Balaban J connectivity index is 2.15. The number of amides is 1. The SMILES string of the molecule is O=C(Nc1ccc(Br)cc1OC(F)(F)F)C1CCNC1. The fourth-order valence-corrected chi connectivity index (χ4v) is 2.26. The van der Waals surface area contributed by atoms with Crippen molar-refractivity contribution in [2.24, 2.45) is 5.92 Å². The maximum atomic E-state index is 12.3. The normalized spacial score (nSPS) is 18.9. The van der Waals surface area contributed by atoms with Crippen LogP contribution in [0.4, 0.5) is 18.9 Å². The molecule has 8 heteroatoms. The molecule has 1 fully saturated rings. The molecule has 0 radical (unpaired) electrons.